The first kappa shape index (κ1) is 15.9. The molecule has 0 N–H and O–H groups in total. The lowest BCUT2D eigenvalue weighted by Gasteiger charge is -2.47. The van der Waals surface area contributed by atoms with Gasteiger partial charge in [0.15, 0.2) is 0 Å². The van der Waals surface area contributed by atoms with Gasteiger partial charge in [0.2, 0.25) is 0 Å². The van der Waals surface area contributed by atoms with Gasteiger partial charge in [-0.05, 0) is 37.5 Å². The molecule has 2 rings (SSSR count). The van der Waals surface area contributed by atoms with E-state index in [-0.39, 0.29) is 0 Å². The summed E-state index contributed by atoms with van der Waals surface area (Å²) in [4.78, 5) is 2.69. The van der Waals surface area contributed by atoms with Crippen LogP contribution in [0.1, 0.15) is 53.4 Å². The molecule has 1 heterocycles. The van der Waals surface area contributed by atoms with Crippen LogP contribution in [0.15, 0.2) is 0 Å². The van der Waals surface area contributed by atoms with Crippen molar-refractivity contribution in [1.82, 2.24) is 4.90 Å². The first-order valence-electron chi connectivity index (χ1n) is 8.40. The van der Waals surface area contributed by atoms with Crippen LogP contribution in [0.2, 0.25) is 0 Å². The van der Waals surface area contributed by atoms with Crippen molar-refractivity contribution < 1.29 is 4.74 Å². The molecule has 0 spiro atoms. The molecule has 2 nitrogen and oxygen atoms in total. The fraction of sp³-hybridized carbons (Fsp3) is 0.889. The second-order valence-corrected chi connectivity index (χ2v) is 7.15. The highest BCUT2D eigenvalue weighted by molar-refractivity contribution is 5.01. The highest BCUT2D eigenvalue weighted by Crippen LogP contribution is 2.37. The predicted molar refractivity (Wildman–Crippen MR) is 84.5 cm³/mol. The van der Waals surface area contributed by atoms with Gasteiger partial charge in [-0.3, -0.25) is 0 Å². The summed E-state index contributed by atoms with van der Waals surface area (Å²) in [5.41, 5.74) is 0. The van der Waals surface area contributed by atoms with Gasteiger partial charge in [-0.15, -0.1) is 0 Å². The van der Waals surface area contributed by atoms with Crippen molar-refractivity contribution in [2.75, 3.05) is 19.7 Å². The van der Waals surface area contributed by atoms with Gasteiger partial charge in [0.05, 0.1) is 6.10 Å². The van der Waals surface area contributed by atoms with Gasteiger partial charge in [-0.2, -0.15) is 0 Å². The third kappa shape index (κ3) is 4.50. The fourth-order valence-corrected chi connectivity index (χ4v) is 3.29. The second kappa shape index (κ2) is 7.48. The van der Waals surface area contributed by atoms with Crippen LogP contribution in [0.4, 0.5) is 0 Å². The van der Waals surface area contributed by atoms with Gasteiger partial charge < -0.3 is 9.64 Å². The summed E-state index contributed by atoms with van der Waals surface area (Å²) in [6.45, 7) is 12.0. The van der Waals surface area contributed by atoms with E-state index in [1.54, 1.807) is 0 Å². The lowest BCUT2D eigenvalue weighted by atomic mass is 9.72. The van der Waals surface area contributed by atoms with Gasteiger partial charge in [-0.1, -0.05) is 39.5 Å². The molecule has 1 aliphatic heterocycles. The number of ether oxygens (including phenoxy) is 1. The number of hydrogen-bond acceptors (Lipinski definition) is 2. The van der Waals surface area contributed by atoms with Crippen molar-refractivity contribution in [2.24, 2.45) is 17.8 Å². The van der Waals surface area contributed by atoms with Crippen LogP contribution in [-0.4, -0.2) is 36.7 Å². The molecule has 0 aromatic heterocycles. The van der Waals surface area contributed by atoms with Gasteiger partial charge in [0.25, 0.3) is 0 Å². The molecule has 0 radical (unpaired) electrons. The van der Waals surface area contributed by atoms with E-state index in [0.717, 1.165) is 17.9 Å². The summed E-state index contributed by atoms with van der Waals surface area (Å²) < 4.78 is 5.87. The Hall–Kier alpha value is -0.520. The molecule has 1 saturated heterocycles. The molecule has 1 aliphatic carbocycles. The lowest BCUT2D eigenvalue weighted by molar-refractivity contribution is -0.0164. The minimum absolute atomic E-state index is 0.439. The summed E-state index contributed by atoms with van der Waals surface area (Å²) in [5.74, 6) is 8.57. The topological polar surface area (TPSA) is 12.5 Å². The van der Waals surface area contributed by atoms with E-state index in [2.05, 4.69) is 44.4 Å². The quantitative estimate of drug-likeness (QED) is 0.729. The van der Waals surface area contributed by atoms with E-state index in [4.69, 9.17) is 4.74 Å². The molecule has 0 amide bonds. The first-order chi connectivity index (χ1) is 9.56. The Kier molecular flexibility index (Phi) is 5.93. The Morgan fingerprint density at radius 3 is 2.30 bits per heavy atom. The van der Waals surface area contributed by atoms with Crippen molar-refractivity contribution in [2.45, 2.75) is 65.5 Å². The molecular formula is C18H31NO. The minimum Gasteiger partial charge on any atom is -0.365 e. The molecule has 2 heteroatoms. The maximum absolute atomic E-state index is 5.87. The van der Waals surface area contributed by atoms with Crippen molar-refractivity contribution in [1.29, 1.82) is 0 Å². The summed E-state index contributed by atoms with van der Waals surface area (Å²) in [6.07, 6.45) is 5.65. The third-order valence-corrected chi connectivity index (χ3v) is 4.87. The molecule has 0 bridgehead atoms. The number of hydrogen-bond donors (Lipinski definition) is 0. The summed E-state index contributed by atoms with van der Waals surface area (Å²) in [7, 11) is 0. The van der Waals surface area contributed by atoms with E-state index in [1.807, 2.05) is 0 Å². The number of rotatable bonds is 4. The number of piperidine rings is 1. The van der Waals surface area contributed by atoms with Crippen LogP contribution in [0.5, 0.6) is 0 Å². The molecule has 2 fully saturated rings. The van der Waals surface area contributed by atoms with E-state index in [1.165, 1.54) is 38.8 Å². The Balaban J connectivity index is 1.60. The van der Waals surface area contributed by atoms with Crippen LogP contribution < -0.4 is 0 Å². The van der Waals surface area contributed by atoms with Crippen LogP contribution in [0.25, 0.3) is 0 Å². The molecule has 0 unspecified atom stereocenters. The second-order valence-electron chi connectivity index (χ2n) is 7.15. The lowest BCUT2D eigenvalue weighted by Crippen LogP contribution is -2.50. The average molecular weight is 277 g/mol. The average Bonchev–Trinajstić information content (AvgIpc) is 2.34. The Labute approximate surface area is 125 Å². The molecular weight excluding hydrogens is 246 g/mol. The smallest absolute Gasteiger partial charge is 0.108 e. The molecule has 114 valence electrons. The number of nitrogens with zero attached hydrogens (tertiary/aromatic N) is 1. The van der Waals surface area contributed by atoms with Crippen LogP contribution in [-0.2, 0) is 4.74 Å². The third-order valence-electron chi connectivity index (χ3n) is 4.87. The molecule has 0 atom stereocenters. The van der Waals surface area contributed by atoms with Crippen LogP contribution >= 0.6 is 0 Å². The molecule has 20 heavy (non-hydrogen) atoms. The van der Waals surface area contributed by atoms with Crippen LogP contribution in [0.3, 0.4) is 0 Å². The molecule has 2 aliphatic rings. The molecule has 0 aromatic carbocycles. The Morgan fingerprint density at radius 1 is 1.10 bits per heavy atom. The zero-order valence-corrected chi connectivity index (χ0v) is 13.7. The summed E-state index contributed by atoms with van der Waals surface area (Å²) >= 11 is 0. The predicted octanol–water partition coefficient (Wildman–Crippen LogP) is 3.56. The van der Waals surface area contributed by atoms with Gasteiger partial charge in [0.1, 0.15) is 6.61 Å². The Morgan fingerprint density at radius 2 is 1.75 bits per heavy atom. The maximum atomic E-state index is 5.87. The zero-order chi connectivity index (χ0) is 14.5. The summed E-state index contributed by atoms with van der Waals surface area (Å²) in [6, 6.07) is 0.865. The van der Waals surface area contributed by atoms with Crippen molar-refractivity contribution in [3.8, 4) is 11.8 Å². The summed E-state index contributed by atoms with van der Waals surface area (Å²) in [5, 5.41) is 0. The van der Waals surface area contributed by atoms with Gasteiger partial charge in [-0.25, -0.2) is 0 Å². The van der Waals surface area contributed by atoms with Crippen LogP contribution in [0, 0.1) is 29.6 Å². The van der Waals surface area contributed by atoms with E-state index < -0.39 is 0 Å². The molecule has 1 saturated carbocycles. The zero-order valence-electron chi connectivity index (χ0n) is 13.7. The normalized spacial score (nSPS) is 28.3. The number of likely N-dealkylation sites (tertiary alicyclic amines) is 1. The minimum atomic E-state index is 0.439. The van der Waals surface area contributed by atoms with Gasteiger partial charge in [0, 0.05) is 25.0 Å². The SMILES string of the molecule is CC(C)C#CCOC1CCN(C2CC(C(C)C)C2)CC1. The van der Waals surface area contributed by atoms with Crippen molar-refractivity contribution in [3.63, 3.8) is 0 Å². The van der Waals surface area contributed by atoms with Crippen molar-refractivity contribution >= 4 is 0 Å². The molecule has 0 aromatic rings. The highest BCUT2D eigenvalue weighted by atomic mass is 16.5. The monoisotopic (exact) mass is 277 g/mol. The van der Waals surface area contributed by atoms with E-state index in [9.17, 15) is 0 Å². The fourth-order valence-electron chi connectivity index (χ4n) is 3.29. The largest absolute Gasteiger partial charge is 0.365 e. The van der Waals surface area contributed by atoms with E-state index >= 15 is 0 Å². The first-order valence-corrected chi connectivity index (χ1v) is 8.40. The highest BCUT2D eigenvalue weighted by Gasteiger charge is 2.36. The Bertz CT molecular complexity index is 338. The van der Waals surface area contributed by atoms with Gasteiger partial charge >= 0.3 is 0 Å². The van der Waals surface area contributed by atoms with Crippen molar-refractivity contribution in [3.05, 3.63) is 0 Å². The standard InChI is InChI=1S/C18H31NO/c1-14(2)6-5-11-20-18-7-9-19(10-8-18)17-12-16(13-17)15(3)4/h14-18H,7-13H2,1-4H3. The van der Waals surface area contributed by atoms with E-state index in [0.29, 0.717) is 18.6 Å². The maximum Gasteiger partial charge on any atom is 0.108 e.